The van der Waals surface area contributed by atoms with Crippen LogP contribution < -0.4 is 5.32 Å². The predicted octanol–water partition coefficient (Wildman–Crippen LogP) is 2.87. The first kappa shape index (κ1) is 18.4. The summed E-state index contributed by atoms with van der Waals surface area (Å²) in [5.41, 5.74) is -0.00209. The minimum absolute atomic E-state index is 0.199. The maximum Gasteiger partial charge on any atom is 0.245 e. The summed E-state index contributed by atoms with van der Waals surface area (Å²) in [7, 11) is -0.824. The van der Waals surface area contributed by atoms with E-state index in [-0.39, 0.29) is 34.0 Å². The molecule has 1 aromatic carbocycles. The normalized spacial score (nSPS) is 13.0. The number of hydrogen-bond donors (Lipinski definition) is 1. The lowest BCUT2D eigenvalue weighted by atomic mass is 9.97. The molecule has 0 aromatic heterocycles. The monoisotopic (exact) mass is 336 g/mol. The van der Waals surface area contributed by atoms with Crippen LogP contribution in [-0.4, -0.2) is 33.4 Å². The molecule has 0 atom stereocenters. The van der Waals surface area contributed by atoms with Gasteiger partial charge >= 0.3 is 0 Å². The molecule has 0 fully saturated rings. The molecule has 7 heteroatoms. The van der Waals surface area contributed by atoms with Gasteiger partial charge in [0.05, 0.1) is 0 Å². The van der Waals surface area contributed by atoms with Crippen LogP contribution in [0.1, 0.15) is 26.3 Å². The molecular weight excluding hydrogens is 315 g/mol. The van der Waals surface area contributed by atoms with Crippen molar-refractivity contribution in [1.29, 1.82) is 0 Å². The Kier molecular flexibility index (Phi) is 5.77. The Bertz CT molecular complexity index is 612. The van der Waals surface area contributed by atoms with E-state index < -0.39 is 15.8 Å². The third-order valence-electron chi connectivity index (χ3n) is 2.83. The molecule has 0 unspecified atom stereocenters. The van der Waals surface area contributed by atoms with Crippen molar-refractivity contribution in [3.8, 4) is 0 Å². The number of rotatable bonds is 5. The lowest BCUT2D eigenvalue weighted by Gasteiger charge is -2.26. The lowest BCUT2D eigenvalue weighted by Crippen LogP contribution is -2.35. The molecule has 0 saturated heterocycles. The third-order valence-corrected chi connectivity index (χ3v) is 4.85. The van der Waals surface area contributed by atoms with E-state index in [9.17, 15) is 12.8 Å². The van der Waals surface area contributed by atoms with Crippen molar-refractivity contribution in [3.05, 3.63) is 28.5 Å². The second kappa shape index (κ2) is 6.60. The van der Waals surface area contributed by atoms with Crippen LogP contribution in [0.3, 0.4) is 0 Å². The van der Waals surface area contributed by atoms with Crippen molar-refractivity contribution in [2.45, 2.75) is 32.2 Å². The highest BCUT2D eigenvalue weighted by atomic mass is 35.5. The van der Waals surface area contributed by atoms with Gasteiger partial charge in [-0.2, -0.15) is 0 Å². The summed E-state index contributed by atoms with van der Waals surface area (Å²) in [6.07, 6.45) is 0. The van der Waals surface area contributed by atoms with Crippen LogP contribution in [0.15, 0.2) is 17.0 Å². The molecule has 0 spiro atoms. The smallest absolute Gasteiger partial charge is 0.245 e. The molecule has 0 aliphatic heterocycles. The standard InChI is InChI=1S/C14H22ClFN2O2S/c1-14(2,3)9-18(5)21(19,20)12-7-11(15)6-10(8-17-4)13(12)16/h6-7,17H,8-9H2,1-5H3. The van der Waals surface area contributed by atoms with E-state index in [4.69, 9.17) is 11.6 Å². The molecule has 0 aliphatic carbocycles. The van der Waals surface area contributed by atoms with Crippen LogP contribution in [0.25, 0.3) is 0 Å². The lowest BCUT2D eigenvalue weighted by molar-refractivity contribution is 0.310. The Morgan fingerprint density at radius 1 is 1.33 bits per heavy atom. The number of nitrogens with zero attached hydrogens (tertiary/aromatic N) is 1. The van der Waals surface area contributed by atoms with Gasteiger partial charge in [0.1, 0.15) is 10.7 Å². The van der Waals surface area contributed by atoms with Gasteiger partial charge < -0.3 is 5.32 Å². The van der Waals surface area contributed by atoms with Crippen LogP contribution in [0.4, 0.5) is 4.39 Å². The van der Waals surface area contributed by atoms with Gasteiger partial charge in [0.2, 0.25) is 10.0 Å². The Morgan fingerprint density at radius 3 is 2.38 bits per heavy atom. The maximum absolute atomic E-state index is 14.4. The van der Waals surface area contributed by atoms with Gasteiger partial charge in [0, 0.05) is 30.7 Å². The molecule has 0 heterocycles. The van der Waals surface area contributed by atoms with E-state index >= 15 is 0 Å². The third kappa shape index (κ3) is 4.64. The molecule has 120 valence electrons. The van der Waals surface area contributed by atoms with E-state index in [2.05, 4.69) is 5.32 Å². The Hall–Kier alpha value is -0.690. The summed E-state index contributed by atoms with van der Waals surface area (Å²) < 4.78 is 40.7. The Morgan fingerprint density at radius 2 is 1.90 bits per heavy atom. The molecule has 0 saturated carbocycles. The van der Waals surface area contributed by atoms with Crippen LogP contribution in [0, 0.1) is 11.2 Å². The Balaban J connectivity index is 3.31. The molecule has 1 N–H and O–H groups in total. The van der Waals surface area contributed by atoms with Crippen molar-refractivity contribution in [3.63, 3.8) is 0 Å². The van der Waals surface area contributed by atoms with Crippen LogP contribution in [0.2, 0.25) is 5.02 Å². The molecule has 1 rings (SSSR count). The highest BCUT2D eigenvalue weighted by Crippen LogP contribution is 2.27. The molecule has 0 radical (unpaired) electrons. The number of halogens is 2. The van der Waals surface area contributed by atoms with E-state index in [0.29, 0.717) is 0 Å². The highest BCUT2D eigenvalue weighted by Gasteiger charge is 2.29. The first-order chi connectivity index (χ1) is 9.49. The second-order valence-corrected chi connectivity index (χ2v) is 8.68. The van der Waals surface area contributed by atoms with Crippen LogP contribution >= 0.6 is 11.6 Å². The van der Waals surface area contributed by atoms with Gasteiger partial charge in [-0.3, -0.25) is 0 Å². The average molecular weight is 337 g/mol. The second-order valence-electron chi connectivity index (χ2n) is 6.23. The first-order valence-corrected chi connectivity index (χ1v) is 8.39. The van der Waals surface area contributed by atoms with Crippen LogP contribution in [0.5, 0.6) is 0 Å². The number of sulfonamides is 1. The fourth-order valence-electron chi connectivity index (χ4n) is 2.05. The minimum Gasteiger partial charge on any atom is -0.316 e. The topological polar surface area (TPSA) is 49.4 Å². The van der Waals surface area contributed by atoms with Gasteiger partial charge in [-0.05, 0) is 24.6 Å². The summed E-state index contributed by atoms with van der Waals surface area (Å²) >= 11 is 5.92. The first-order valence-electron chi connectivity index (χ1n) is 6.58. The zero-order chi connectivity index (χ0) is 16.4. The van der Waals surface area contributed by atoms with Crippen molar-refractivity contribution < 1.29 is 12.8 Å². The average Bonchev–Trinajstić information content (AvgIpc) is 2.31. The SMILES string of the molecule is CNCc1cc(Cl)cc(S(=O)(=O)N(C)CC(C)(C)C)c1F. The highest BCUT2D eigenvalue weighted by molar-refractivity contribution is 7.89. The summed E-state index contributed by atoms with van der Waals surface area (Å²) in [6, 6.07) is 2.58. The van der Waals surface area contributed by atoms with Gasteiger partial charge in [-0.15, -0.1) is 0 Å². The molecule has 1 aromatic rings. The molecule has 4 nitrogen and oxygen atoms in total. The van der Waals surface area contributed by atoms with Gasteiger partial charge in [-0.1, -0.05) is 32.4 Å². The summed E-state index contributed by atoms with van der Waals surface area (Å²) in [5, 5.41) is 2.99. The zero-order valence-electron chi connectivity index (χ0n) is 13.0. The number of nitrogens with one attached hydrogen (secondary N) is 1. The fraction of sp³-hybridized carbons (Fsp3) is 0.571. The minimum atomic E-state index is -3.92. The van der Waals surface area contributed by atoms with Gasteiger partial charge in [0.15, 0.2) is 0 Å². The van der Waals surface area contributed by atoms with Gasteiger partial charge in [0.25, 0.3) is 0 Å². The van der Waals surface area contributed by atoms with E-state index in [1.54, 1.807) is 7.05 Å². The summed E-state index contributed by atoms with van der Waals surface area (Å²) in [6.45, 7) is 6.24. The van der Waals surface area contributed by atoms with Crippen molar-refractivity contribution in [2.24, 2.45) is 5.41 Å². The number of hydrogen-bond acceptors (Lipinski definition) is 3. The van der Waals surface area contributed by atoms with Crippen molar-refractivity contribution in [1.82, 2.24) is 9.62 Å². The van der Waals surface area contributed by atoms with Gasteiger partial charge in [-0.25, -0.2) is 17.1 Å². The Labute approximate surface area is 131 Å². The van der Waals surface area contributed by atoms with Crippen LogP contribution in [-0.2, 0) is 16.6 Å². The number of benzene rings is 1. The summed E-state index contributed by atoms with van der Waals surface area (Å²) in [4.78, 5) is -0.382. The van der Waals surface area contributed by atoms with E-state index in [1.165, 1.54) is 13.1 Å². The molecule has 0 amide bonds. The van der Waals surface area contributed by atoms with E-state index in [0.717, 1.165) is 10.4 Å². The van der Waals surface area contributed by atoms with Crippen molar-refractivity contribution >= 4 is 21.6 Å². The van der Waals surface area contributed by atoms with Crippen molar-refractivity contribution in [2.75, 3.05) is 20.6 Å². The quantitative estimate of drug-likeness (QED) is 0.899. The largest absolute Gasteiger partial charge is 0.316 e. The molecule has 21 heavy (non-hydrogen) atoms. The molecule has 0 aliphatic rings. The zero-order valence-corrected chi connectivity index (χ0v) is 14.6. The fourth-order valence-corrected chi connectivity index (χ4v) is 3.88. The predicted molar refractivity (Wildman–Crippen MR) is 83.4 cm³/mol. The molecule has 0 bridgehead atoms. The van der Waals surface area contributed by atoms with E-state index in [1.807, 2.05) is 20.8 Å². The maximum atomic E-state index is 14.4. The molecular formula is C14H22ClFN2O2S. The summed E-state index contributed by atoms with van der Waals surface area (Å²) in [5.74, 6) is -0.755.